The first-order valence-electron chi connectivity index (χ1n) is 5.23. The fraction of sp³-hybridized carbons (Fsp3) is 1.00. The van der Waals surface area contributed by atoms with Gasteiger partial charge >= 0.3 is 0 Å². The van der Waals surface area contributed by atoms with E-state index in [-0.39, 0.29) is 0 Å². The molecule has 0 aromatic heterocycles. The Kier molecular flexibility index (Phi) is 2.97. The molecule has 2 heteroatoms. The summed E-state index contributed by atoms with van der Waals surface area (Å²) in [6.07, 6.45) is 7.17. The molecule has 70 valence electrons. The molecular weight excluding hydrogens is 166 g/mol. The first-order chi connectivity index (χ1) is 5.92. The van der Waals surface area contributed by atoms with Gasteiger partial charge in [-0.2, -0.15) is 11.8 Å². The van der Waals surface area contributed by atoms with Crippen LogP contribution in [0.4, 0.5) is 0 Å². The summed E-state index contributed by atoms with van der Waals surface area (Å²) in [7, 11) is 0. The van der Waals surface area contributed by atoms with Gasteiger partial charge < -0.3 is 5.73 Å². The average molecular weight is 185 g/mol. The molecule has 0 amide bonds. The normalized spacial score (nSPS) is 32.2. The highest BCUT2D eigenvalue weighted by atomic mass is 32.2. The lowest BCUT2D eigenvalue weighted by molar-refractivity contribution is 0.411. The van der Waals surface area contributed by atoms with Gasteiger partial charge in [0.1, 0.15) is 0 Å². The number of hydrogen-bond donors (Lipinski definition) is 1. The smallest absolute Gasteiger partial charge is 0.00787 e. The summed E-state index contributed by atoms with van der Waals surface area (Å²) in [6, 6.07) is 0. The minimum absolute atomic E-state index is 0.901. The lowest BCUT2D eigenvalue weighted by atomic mass is 9.93. The number of nitrogens with two attached hydrogens (primary N) is 1. The zero-order valence-corrected chi connectivity index (χ0v) is 8.48. The van der Waals surface area contributed by atoms with Crippen molar-refractivity contribution >= 4 is 11.8 Å². The van der Waals surface area contributed by atoms with E-state index in [4.69, 9.17) is 5.73 Å². The predicted octanol–water partition coefficient (Wildman–Crippen LogP) is 2.26. The van der Waals surface area contributed by atoms with Crippen molar-refractivity contribution in [2.45, 2.75) is 37.4 Å². The van der Waals surface area contributed by atoms with Crippen LogP contribution in [0.1, 0.15) is 32.1 Å². The van der Waals surface area contributed by atoms with E-state index in [2.05, 4.69) is 11.8 Å². The number of rotatable bonds is 4. The van der Waals surface area contributed by atoms with Crippen LogP contribution in [0.25, 0.3) is 0 Å². The molecule has 0 aromatic carbocycles. The third kappa shape index (κ3) is 1.97. The first kappa shape index (κ1) is 8.89. The van der Waals surface area contributed by atoms with Gasteiger partial charge in [-0.3, -0.25) is 0 Å². The molecule has 0 aromatic rings. The van der Waals surface area contributed by atoms with Gasteiger partial charge in [0.05, 0.1) is 0 Å². The molecule has 12 heavy (non-hydrogen) atoms. The van der Waals surface area contributed by atoms with E-state index in [0.29, 0.717) is 0 Å². The highest BCUT2D eigenvalue weighted by Crippen LogP contribution is 2.46. The summed E-state index contributed by atoms with van der Waals surface area (Å²) in [5.74, 6) is 3.44. The maximum atomic E-state index is 5.65. The van der Waals surface area contributed by atoms with Gasteiger partial charge in [0.15, 0.2) is 0 Å². The Morgan fingerprint density at radius 1 is 1.33 bits per heavy atom. The molecule has 1 saturated heterocycles. The van der Waals surface area contributed by atoms with Crippen molar-refractivity contribution in [2.75, 3.05) is 12.3 Å². The Morgan fingerprint density at radius 2 is 2.17 bits per heavy atom. The summed E-state index contributed by atoms with van der Waals surface area (Å²) in [4.78, 5) is 0. The largest absolute Gasteiger partial charge is 0.330 e. The molecule has 1 nitrogen and oxygen atoms in total. The monoisotopic (exact) mass is 185 g/mol. The average Bonchev–Trinajstić information content (AvgIpc) is 2.77. The topological polar surface area (TPSA) is 26.0 Å². The van der Waals surface area contributed by atoms with Crippen LogP contribution in [0.15, 0.2) is 0 Å². The van der Waals surface area contributed by atoms with Gasteiger partial charge in [0, 0.05) is 5.25 Å². The third-order valence-corrected chi connectivity index (χ3v) is 4.71. The molecule has 0 radical (unpaired) electrons. The van der Waals surface area contributed by atoms with Crippen molar-refractivity contribution in [1.29, 1.82) is 0 Å². The van der Waals surface area contributed by atoms with E-state index in [9.17, 15) is 0 Å². The van der Waals surface area contributed by atoms with E-state index in [0.717, 1.165) is 23.6 Å². The maximum Gasteiger partial charge on any atom is 0.00787 e. The number of hydrogen-bond acceptors (Lipinski definition) is 2. The molecule has 2 atom stereocenters. The highest BCUT2D eigenvalue weighted by Gasteiger charge is 2.37. The molecule has 2 fully saturated rings. The fourth-order valence-electron chi connectivity index (χ4n) is 2.38. The Hall–Kier alpha value is 0.310. The van der Waals surface area contributed by atoms with Gasteiger partial charge in [-0.25, -0.2) is 0 Å². The molecule has 1 saturated carbocycles. The SMILES string of the molecule is NCCC(C1CC1)C1CCCS1. The van der Waals surface area contributed by atoms with Crippen molar-refractivity contribution in [2.24, 2.45) is 17.6 Å². The Bertz CT molecular complexity index is 139. The summed E-state index contributed by atoms with van der Waals surface area (Å²) < 4.78 is 0. The first-order valence-corrected chi connectivity index (χ1v) is 6.28. The van der Waals surface area contributed by atoms with Crippen molar-refractivity contribution in [3.63, 3.8) is 0 Å². The molecule has 2 N–H and O–H groups in total. The molecule has 1 aliphatic heterocycles. The summed E-state index contributed by atoms with van der Waals surface area (Å²) in [5.41, 5.74) is 5.65. The van der Waals surface area contributed by atoms with Crippen molar-refractivity contribution < 1.29 is 0 Å². The van der Waals surface area contributed by atoms with Gasteiger partial charge in [-0.15, -0.1) is 0 Å². The third-order valence-electron chi connectivity index (χ3n) is 3.17. The van der Waals surface area contributed by atoms with E-state index in [1.807, 2.05) is 0 Å². The maximum absolute atomic E-state index is 5.65. The Balaban J connectivity index is 1.85. The van der Waals surface area contributed by atoms with Crippen LogP contribution in [-0.4, -0.2) is 17.5 Å². The van der Waals surface area contributed by atoms with Gasteiger partial charge in [0.25, 0.3) is 0 Å². The van der Waals surface area contributed by atoms with Crippen LogP contribution in [0.3, 0.4) is 0 Å². The van der Waals surface area contributed by atoms with Gasteiger partial charge in [-0.05, 0) is 56.2 Å². The second kappa shape index (κ2) is 4.01. The molecule has 1 aliphatic carbocycles. The van der Waals surface area contributed by atoms with Crippen molar-refractivity contribution in [1.82, 2.24) is 0 Å². The zero-order valence-electron chi connectivity index (χ0n) is 7.67. The highest BCUT2D eigenvalue weighted by molar-refractivity contribution is 8.00. The minimum Gasteiger partial charge on any atom is -0.330 e. The van der Waals surface area contributed by atoms with Gasteiger partial charge in [0.2, 0.25) is 0 Å². The second-order valence-corrected chi connectivity index (χ2v) is 5.48. The lowest BCUT2D eigenvalue weighted by Crippen LogP contribution is -2.20. The van der Waals surface area contributed by atoms with Gasteiger partial charge in [-0.1, -0.05) is 0 Å². The second-order valence-electron chi connectivity index (χ2n) is 4.13. The zero-order chi connectivity index (χ0) is 8.39. The minimum atomic E-state index is 0.901. The van der Waals surface area contributed by atoms with E-state index < -0.39 is 0 Å². The fourth-order valence-corrected chi connectivity index (χ4v) is 3.96. The van der Waals surface area contributed by atoms with Crippen LogP contribution in [0.2, 0.25) is 0 Å². The van der Waals surface area contributed by atoms with Crippen molar-refractivity contribution in [3.05, 3.63) is 0 Å². The molecule has 2 aliphatic rings. The van der Waals surface area contributed by atoms with Crippen LogP contribution in [0, 0.1) is 11.8 Å². The summed E-state index contributed by atoms with van der Waals surface area (Å²) >= 11 is 2.20. The summed E-state index contributed by atoms with van der Waals surface area (Å²) in [5, 5.41) is 0.973. The molecular formula is C10H19NS. The number of thioether (sulfide) groups is 1. The Morgan fingerprint density at radius 3 is 2.67 bits per heavy atom. The summed E-state index contributed by atoms with van der Waals surface area (Å²) in [6.45, 7) is 0.901. The molecule has 1 heterocycles. The lowest BCUT2D eigenvalue weighted by Gasteiger charge is -2.21. The molecule has 0 bridgehead atoms. The molecule has 0 spiro atoms. The standard InChI is InChI=1S/C10H19NS/c11-6-5-9(8-3-4-8)10-2-1-7-12-10/h8-10H,1-7,11H2. The van der Waals surface area contributed by atoms with Crippen LogP contribution >= 0.6 is 11.8 Å². The van der Waals surface area contributed by atoms with E-state index in [1.165, 1.54) is 37.9 Å². The van der Waals surface area contributed by atoms with Crippen LogP contribution in [0.5, 0.6) is 0 Å². The predicted molar refractivity (Wildman–Crippen MR) is 55.4 cm³/mol. The van der Waals surface area contributed by atoms with Crippen molar-refractivity contribution in [3.8, 4) is 0 Å². The van der Waals surface area contributed by atoms with Crippen LogP contribution in [-0.2, 0) is 0 Å². The molecule has 2 unspecified atom stereocenters. The Labute approximate surface area is 79.5 Å². The van der Waals surface area contributed by atoms with E-state index >= 15 is 0 Å². The quantitative estimate of drug-likeness (QED) is 0.727. The van der Waals surface area contributed by atoms with E-state index in [1.54, 1.807) is 0 Å². The molecule has 2 rings (SSSR count). The van der Waals surface area contributed by atoms with Crippen LogP contribution < -0.4 is 5.73 Å².